The van der Waals surface area contributed by atoms with E-state index in [1.165, 1.54) is 25.7 Å². The zero-order valence-electron chi connectivity index (χ0n) is 13.0. The SMILES string of the molecule is CCCC.CCCC.CCC[O-].CCC[O-].[Sn+2]. The largest absolute Gasteiger partial charge is 2.00 e. The van der Waals surface area contributed by atoms with E-state index in [4.69, 9.17) is 0 Å². The van der Waals surface area contributed by atoms with Crippen LogP contribution in [-0.4, -0.2) is 37.1 Å². The molecule has 0 unspecified atom stereocenters. The van der Waals surface area contributed by atoms with E-state index in [0.717, 1.165) is 12.8 Å². The minimum atomic E-state index is 0. The van der Waals surface area contributed by atoms with Crippen molar-refractivity contribution in [2.45, 2.75) is 80.1 Å². The van der Waals surface area contributed by atoms with Crippen molar-refractivity contribution in [1.82, 2.24) is 0 Å². The summed E-state index contributed by atoms with van der Waals surface area (Å²) in [5, 5.41) is 18.6. The number of hydrogen-bond acceptors (Lipinski definition) is 2. The number of unbranched alkanes of at least 4 members (excludes halogenated alkanes) is 2. The molecule has 2 radical (unpaired) electrons. The van der Waals surface area contributed by atoms with Gasteiger partial charge in [0.25, 0.3) is 0 Å². The Kier molecular flexibility index (Phi) is 97.9. The zero-order chi connectivity index (χ0) is 13.7. The van der Waals surface area contributed by atoms with Crippen molar-refractivity contribution in [1.29, 1.82) is 0 Å². The van der Waals surface area contributed by atoms with Crippen molar-refractivity contribution in [3.8, 4) is 0 Å². The van der Waals surface area contributed by atoms with E-state index in [2.05, 4.69) is 27.7 Å². The fraction of sp³-hybridized carbons (Fsp3) is 1.00. The quantitative estimate of drug-likeness (QED) is 0.730. The maximum absolute atomic E-state index is 9.30. The first-order chi connectivity index (χ1) is 7.66. The Morgan fingerprint density at radius 3 is 0.588 bits per heavy atom. The summed E-state index contributed by atoms with van der Waals surface area (Å²) < 4.78 is 0. The maximum atomic E-state index is 9.30. The molecule has 3 heteroatoms. The Morgan fingerprint density at radius 2 is 0.588 bits per heavy atom. The normalized spacial score (nSPS) is 7.06. The second kappa shape index (κ2) is 54.3. The molecule has 0 bridgehead atoms. The summed E-state index contributed by atoms with van der Waals surface area (Å²) in [6.07, 6.45) is 6.81. The third kappa shape index (κ3) is 163. The fourth-order valence-corrected chi connectivity index (χ4v) is 0. The van der Waals surface area contributed by atoms with E-state index in [-0.39, 0.29) is 37.1 Å². The Morgan fingerprint density at radius 1 is 0.471 bits per heavy atom. The predicted molar refractivity (Wildman–Crippen MR) is 77.2 cm³/mol. The van der Waals surface area contributed by atoms with E-state index in [1.54, 1.807) is 0 Å². The van der Waals surface area contributed by atoms with Gasteiger partial charge in [-0.1, -0.05) is 80.1 Å². The first-order valence-electron chi connectivity index (χ1n) is 6.82. The smallest absolute Gasteiger partial charge is 0.854 e. The van der Waals surface area contributed by atoms with Crippen LogP contribution >= 0.6 is 0 Å². The van der Waals surface area contributed by atoms with Gasteiger partial charge in [0.05, 0.1) is 0 Å². The molecule has 0 saturated heterocycles. The molecule has 0 aliphatic rings. The molecule has 2 nitrogen and oxygen atoms in total. The molecule has 0 aromatic heterocycles. The first kappa shape index (κ1) is 30.6. The average Bonchev–Trinajstić information content (AvgIpc) is 2.39. The second-order valence-corrected chi connectivity index (χ2v) is 3.41. The summed E-state index contributed by atoms with van der Waals surface area (Å²) >= 11 is 0. The summed E-state index contributed by atoms with van der Waals surface area (Å²) in [6, 6.07) is 0. The Hall–Kier alpha value is 0.719. The van der Waals surface area contributed by atoms with Crippen LogP contribution in [0.25, 0.3) is 0 Å². The monoisotopic (exact) mass is 354 g/mol. The summed E-state index contributed by atoms with van der Waals surface area (Å²) in [7, 11) is 0. The third-order valence-electron chi connectivity index (χ3n) is 1.41. The summed E-state index contributed by atoms with van der Waals surface area (Å²) in [6.45, 7) is 12.6. The molecule has 0 atom stereocenters. The van der Waals surface area contributed by atoms with Crippen LogP contribution in [0.4, 0.5) is 0 Å². The zero-order valence-corrected chi connectivity index (χ0v) is 15.8. The van der Waals surface area contributed by atoms with Crippen LogP contribution in [0.15, 0.2) is 0 Å². The van der Waals surface area contributed by atoms with Crippen LogP contribution in [0.1, 0.15) is 80.1 Å². The molecule has 106 valence electrons. The van der Waals surface area contributed by atoms with Crippen molar-refractivity contribution in [2.24, 2.45) is 0 Å². The maximum Gasteiger partial charge on any atom is 2.00 e. The Bertz CT molecular complexity index is 38.2. The van der Waals surface area contributed by atoms with Crippen molar-refractivity contribution < 1.29 is 10.2 Å². The molecule has 17 heavy (non-hydrogen) atoms. The van der Waals surface area contributed by atoms with Gasteiger partial charge in [-0.25, -0.2) is 0 Å². The van der Waals surface area contributed by atoms with Gasteiger partial charge < -0.3 is 10.2 Å². The van der Waals surface area contributed by atoms with Gasteiger partial charge in [-0.15, -0.1) is 13.2 Å². The van der Waals surface area contributed by atoms with E-state index >= 15 is 0 Å². The fourth-order valence-electron chi connectivity index (χ4n) is 0. The summed E-state index contributed by atoms with van der Waals surface area (Å²) in [4.78, 5) is 0. The summed E-state index contributed by atoms with van der Waals surface area (Å²) in [5.74, 6) is 0. The van der Waals surface area contributed by atoms with Crippen LogP contribution in [-0.2, 0) is 0 Å². The second-order valence-electron chi connectivity index (χ2n) is 3.41. The van der Waals surface area contributed by atoms with Gasteiger partial charge in [-0.2, -0.15) is 0 Å². The molecular formula is C14H34O2Sn. The molecule has 0 N–H and O–H groups in total. The van der Waals surface area contributed by atoms with Gasteiger partial charge in [0.15, 0.2) is 0 Å². The molecule has 0 amide bonds. The number of hydrogen-bond donors (Lipinski definition) is 0. The molecule has 0 heterocycles. The molecule has 0 aromatic carbocycles. The van der Waals surface area contributed by atoms with Gasteiger partial charge in [-0.05, 0) is 0 Å². The van der Waals surface area contributed by atoms with Crippen LogP contribution in [0, 0.1) is 0 Å². The van der Waals surface area contributed by atoms with Crippen molar-refractivity contribution in [3.63, 3.8) is 0 Å². The van der Waals surface area contributed by atoms with E-state index in [9.17, 15) is 10.2 Å². The van der Waals surface area contributed by atoms with Crippen LogP contribution in [0.3, 0.4) is 0 Å². The van der Waals surface area contributed by atoms with Gasteiger partial charge in [-0.3, -0.25) is 0 Å². The van der Waals surface area contributed by atoms with Crippen molar-refractivity contribution in [2.75, 3.05) is 13.2 Å². The summed E-state index contributed by atoms with van der Waals surface area (Å²) in [5.41, 5.74) is 0. The molecule has 0 aromatic rings. The average molecular weight is 353 g/mol. The first-order valence-corrected chi connectivity index (χ1v) is 6.82. The molecule has 0 fully saturated rings. The van der Waals surface area contributed by atoms with Gasteiger partial charge in [0, 0.05) is 0 Å². The third-order valence-corrected chi connectivity index (χ3v) is 1.41. The molecule has 0 aliphatic carbocycles. The predicted octanol–water partition coefficient (Wildman–Crippen LogP) is 2.75. The van der Waals surface area contributed by atoms with Crippen molar-refractivity contribution in [3.05, 3.63) is 0 Å². The van der Waals surface area contributed by atoms with E-state index in [0.29, 0.717) is 0 Å². The van der Waals surface area contributed by atoms with Crippen LogP contribution in [0.5, 0.6) is 0 Å². The molecule has 0 saturated carbocycles. The van der Waals surface area contributed by atoms with Gasteiger partial charge in [0.1, 0.15) is 0 Å². The van der Waals surface area contributed by atoms with E-state index < -0.39 is 0 Å². The minimum Gasteiger partial charge on any atom is -0.854 e. The topological polar surface area (TPSA) is 46.1 Å². The standard InChI is InChI=1S/2C4H10.2C3H7O.Sn/c2*1-3-4-2;2*1-2-3-4;/h2*3-4H2,1-2H3;2*2-3H2,1H3;/q;;2*-1;+2. The van der Waals surface area contributed by atoms with Crippen molar-refractivity contribution >= 4 is 23.9 Å². The Balaban J connectivity index is -0.0000000369. The van der Waals surface area contributed by atoms with Crippen LogP contribution in [0.2, 0.25) is 0 Å². The molecule has 0 aliphatic heterocycles. The van der Waals surface area contributed by atoms with E-state index in [1.807, 2.05) is 13.8 Å². The molecule has 0 spiro atoms. The van der Waals surface area contributed by atoms with Gasteiger partial charge >= 0.3 is 23.9 Å². The minimum absolute atomic E-state index is 0. The number of rotatable bonds is 4. The Labute approximate surface area is 127 Å². The van der Waals surface area contributed by atoms with Gasteiger partial charge in [0.2, 0.25) is 0 Å². The molecule has 0 rings (SSSR count). The molecular weight excluding hydrogens is 319 g/mol. The van der Waals surface area contributed by atoms with Crippen LogP contribution < -0.4 is 10.2 Å².